The molecule has 0 heterocycles. The highest BCUT2D eigenvalue weighted by Crippen LogP contribution is 2.29. The number of nitrogens with zero attached hydrogens (tertiary/aromatic N) is 1. The molecule has 0 aromatic heterocycles. The van der Waals surface area contributed by atoms with Crippen LogP contribution in [0.3, 0.4) is 0 Å². The molecule has 4 heteroatoms. The van der Waals surface area contributed by atoms with Gasteiger partial charge in [0.2, 0.25) is 5.91 Å². The van der Waals surface area contributed by atoms with Crippen LogP contribution in [-0.2, 0) is 4.79 Å². The van der Waals surface area contributed by atoms with Gasteiger partial charge in [-0.05, 0) is 48.2 Å². The minimum Gasteiger partial charge on any atom is -0.342 e. The first-order valence-corrected chi connectivity index (χ1v) is 9.12. The van der Waals surface area contributed by atoms with Crippen LogP contribution in [0.1, 0.15) is 43.7 Å². The van der Waals surface area contributed by atoms with Gasteiger partial charge in [-0.2, -0.15) is 0 Å². The minimum atomic E-state index is -0.336. The van der Waals surface area contributed by atoms with Crippen molar-refractivity contribution in [2.24, 2.45) is 0 Å². The topological polar surface area (TPSA) is 20.3 Å². The lowest BCUT2D eigenvalue weighted by molar-refractivity contribution is -0.132. The molecule has 0 saturated carbocycles. The molecule has 0 unspecified atom stereocenters. The summed E-state index contributed by atoms with van der Waals surface area (Å²) in [6, 6.07) is 15.0. The Morgan fingerprint density at radius 1 is 0.833 bits per heavy atom. The van der Waals surface area contributed by atoms with Crippen LogP contribution in [0, 0.1) is 0 Å². The summed E-state index contributed by atoms with van der Waals surface area (Å²) in [6.07, 6.45) is 1.89. The van der Waals surface area contributed by atoms with E-state index in [0.29, 0.717) is 10.0 Å². The maximum atomic E-state index is 13.3. The molecule has 0 aliphatic carbocycles. The summed E-state index contributed by atoms with van der Waals surface area (Å²) in [7, 11) is 0. The third-order valence-electron chi connectivity index (χ3n) is 3.95. The number of hydrogen-bond donors (Lipinski definition) is 0. The molecule has 1 amide bonds. The van der Waals surface area contributed by atoms with Gasteiger partial charge in [-0.1, -0.05) is 61.3 Å². The van der Waals surface area contributed by atoms with E-state index in [2.05, 4.69) is 13.8 Å². The molecule has 0 aliphatic rings. The fourth-order valence-corrected chi connectivity index (χ4v) is 3.09. The van der Waals surface area contributed by atoms with Crippen molar-refractivity contribution in [3.8, 4) is 0 Å². The molecular formula is C20H23Cl2NO. The first-order chi connectivity index (χ1) is 11.6. The molecule has 0 atom stereocenters. The summed E-state index contributed by atoms with van der Waals surface area (Å²) in [5.41, 5.74) is 1.90. The summed E-state index contributed by atoms with van der Waals surface area (Å²) in [6.45, 7) is 5.72. The zero-order valence-corrected chi connectivity index (χ0v) is 15.6. The van der Waals surface area contributed by atoms with Gasteiger partial charge in [-0.15, -0.1) is 0 Å². The highest BCUT2D eigenvalue weighted by Gasteiger charge is 2.26. The van der Waals surface area contributed by atoms with E-state index < -0.39 is 0 Å². The average Bonchev–Trinajstić information content (AvgIpc) is 2.58. The summed E-state index contributed by atoms with van der Waals surface area (Å²) in [4.78, 5) is 15.2. The van der Waals surface area contributed by atoms with Crippen LogP contribution in [0.2, 0.25) is 10.0 Å². The summed E-state index contributed by atoms with van der Waals surface area (Å²) in [5.74, 6) is -0.207. The van der Waals surface area contributed by atoms with Crippen molar-refractivity contribution in [2.45, 2.75) is 32.6 Å². The summed E-state index contributed by atoms with van der Waals surface area (Å²) < 4.78 is 0. The minimum absolute atomic E-state index is 0.128. The molecule has 128 valence electrons. The maximum absolute atomic E-state index is 13.3. The maximum Gasteiger partial charge on any atom is 0.234 e. The molecule has 2 nitrogen and oxygen atoms in total. The number of halogens is 2. The zero-order chi connectivity index (χ0) is 17.5. The van der Waals surface area contributed by atoms with Crippen molar-refractivity contribution in [1.82, 2.24) is 4.90 Å². The average molecular weight is 364 g/mol. The van der Waals surface area contributed by atoms with Crippen LogP contribution < -0.4 is 0 Å². The van der Waals surface area contributed by atoms with Crippen LogP contribution in [0.5, 0.6) is 0 Å². The van der Waals surface area contributed by atoms with Gasteiger partial charge >= 0.3 is 0 Å². The predicted molar refractivity (Wildman–Crippen MR) is 102 cm³/mol. The normalized spacial score (nSPS) is 10.9. The van der Waals surface area contributed by atoms with Crippen molar-refractivity contribution in [3.05, 3.63) is 69.7 Å². The van der Waals surface area contributed by atoms with Crippen LogP contribution in [-0.4, -0.2) is 23.9 Å². The van der Waals surface area contributed by atoms with Crippen molar-refractivity contribution in [1.29, 1.82) is 0 Å². The largest absolute Gasteiger partial charge is 0.342 e. The lowest BCUT2D eigenvalue weighted by Gasteiger charge is -2.27. The second kappa shape index (κ2) is 9.10. The summed E-state index contributed by atoms with van der Waals surface area (Å²) >= 11 is 12.0. The van der Waals surface area contributed by atoms with E-state index in [1.165, 1.54) is 0 Å². The Labute approximate surface area is 154 Å². The third-order valence-corrected chi connectivity index (χ3v) is 4.46. The number of carbonyl (C=O) groups is 1. The lowest BCUT2D eigenvalue weighted by Crippen LogP contribution is -2.36. The van der Waals surface area contributed by atoms with Crippen LogP contribution in [0.15, 0.2) is 48.5 Å². The molecule has 0 bridgehead atoms. The molecule has 0 radical (unpaired) electrons. The first kappa shape index (κ1) is 18.8. The van der Waals surface area contributed by atoms with E-state index >= 15 is 0 Å². The molecule has 2 aromatic carbocycles. The SMILES string of the molecule is CCCN(CCC)C(=O)C(c1ccc(Cl)cc1)c1ccc(Cl)cc1. The molecular weight excluding hydrogens is 341 g/mol. The number of hydrogen-bond acceptors (Lipinski definition) is 1. The van der Waals surface area contributed by atoms with Gasteiger partial charge < -0.3 is 4.90 Å². The lowest BCUT2D eigenvalue weighted by atomic mass is 9.90. The number of benzene rings is 2. The van der Waals surface area contributed by atoms with Gasteiger partial charge in [0.1, 0.15) is 0 Å². The third kappa shape index (κ3) is 4.75. The molecule has 0 spiro atoms. The molecule has 0 fully saturated rings. The highest BCUT2D eigenvalue weighted by atomic mass is 35.5. The van der Waals surface area contributed by atoms with E-state index in [9.17, 15) is 4.79 Å². The van der Waals surface area contributed by atoms with Gasteiger partial charge in [0.15, 0.2) is 0 Å². The molecule has 2 rings (SSSR count). The van der Waals surface area contributed by atoms with Crippen molar-refractivity contribution in [3.63, 3.8) is 0 Å². The first-order valence-electron chi connectivity index (χ1n) is 8.36. The van der Waals surface area contributed by atoms with Crippen LogP contribution >= 0.6 is 23.2 Å². The van der Waals surface area contributed by atoms with Crippen molar-refractivity contribution < 1.29 is 4.79 Å². The molecule has 2 aromatic rings. The van der Waals surface area contributed by atoms with Gasteiger partial charge in [-0.25, -0.2) is 0 Å². The van der Waals surface area contributed by atoms with E-state index in [0.717, 1.165) is 37.1 Å². The van der Waals surface area contributed by atoms with E-state index in [-0.39, 0.29) is 11.8 Å². The fraction of sp³-hybridized carbons (Fsp3) is 0.350. The highest BCUT2D eigenvalue weighted by molar-refractivity contribution is 6.30. The Kier molecular flexibility index (Phi) is 7.14. The van der Waals surface area contributed by atoms with E-state index in [1.807, 2.05) is 53.4 Å². The smallest absolute Gasteiger partial charge is 0.234 e. The fourth-order valence-electron chi connectivity index (χ4n) is 2.84. The van der Waals surface area contributed by atoms with Gasteiger partial charge in [0.05, 0.1) is 5.92 Å². The van der Waals surface area contributed by atoms with Crippen molar-refractivity contribution in [2.75, 3.05) is 13.1 Å². The Balaban J connectivity index is 2.43. The Morgan fingerprint density at radius 3 is 1.54 bits per heavy atom. The molecule has 24 heavy (non-hydrogen) atoms. The zero-order valence-electron chi connectivity index (χ0n) is 14.1. The summed E-state index contributed by atoms with van der Waals surface area (Å²) in [5, 5.41) is 1.33. The van der Waals surface area contributed by atoms with Crippen molar-refractivity contribution >= 4 is 29.1 Å². The number of amides is 1. The van der Waals surface area contributed by atoms with E-state index in [1.54, 1.807) is 0 Å². The van der Waals surface area contributed by atoms with Gasteiger partial charge in [-0.3, -0.25) is 4.79 Å². The second-order valence-electron chi connectivity index (χ2n) is 5.86. The van der Waals surface area contributed by atoms with E-state index in [4.69, 9.17) is 23.2 Å². The molecule has 0 saturated heterocycles. The standard InChI is InChI=1S/C20H23Cl2NO/c1-3-13-23(14-4-2)20(24)19(15-5-9-17(21)10-6-15)16-7-11-18(22)12-8-16/h5-12,19H,3-4,13-14H2,1-2H3. The molecule has 0 aliphatic heterocycles. The molecule has 0 N–H and O–H groups in total. The van der Waals surface area contributed by atoms with Crippen LogP contribution in [0.25, 0.3) is 0 Å². The van der Waals surface area contributed by atoms with Gasteiger partial charge in [0, 0.05) is 23.1 Å². The Bertz CT molecular complexity index is 601. The Morgan fingerprint density at radius 2 is 1.21 bits per heavy atom. The quantitative estimate of drug-likeness (QED) is 0.610. The number of rotatable bonds is 7. The monoisotopic (exact) mass is 363 g/mol. The number of carbonyl (C=O) groups excluding carboxylic acids is 1. The predicted octanol–water partition coefficient (Wildman–Crippen LogP) is 5.77. The Hall–Kier alpha value is -1.51. The van der Waals surface area contributed by atoms with Gasteiger partial charge in [0.25, 0.3) is 0 Å². The van der Waals surface area contributed by atoms with Crippen LogP contribution in [0.4, 0.5) is 0 Å². The second-order valence-corrected chi connectivity index (χ2v) is 6.73.